The first kappa shape index (κ1) is 15.9. The summed E-state index contributed by atoms with van der Waals surface area (Å²) in [7, 11) is 0. The van der Waals surface area contributed by atoms with E-state index in [2.05, 4.69) is 10.6 Å². The van der Waals surface area contributed by atoms with Gasteiger partial charge in [0.2, 0.25) is 5.91 Å². The molecule has 0 unspecified atom stereocenters. The second kappa shape index (κ2) is 6.30. The molecule has 1 fully saturated rings. The molecule has 1 aliphatic rings. The van der Waals surface area contributed by atoms with Crippen molar-refractivity contribution in [2.45, 2.75) is 19.8 Å². The van der Waals surface area contributed by atoms with E-state index in [1.807, 2.05) is 6.92 Å². The van der Waals surface area contributed by atoms with E-state index in [1.54, 1.807) is 0 Å². The number of anilines is 1. The number of amides is 1. The molecule has 1 amide bonds. The van der Waals surface area contributed by atoms with Crippen LogP contribution in [-0.4, -0.2) is 19.0 Å². The summed E-state index contributed by atoms with van der Waals surface area (Å²) in [6.45, 7) is 3.48. The molecular weight excluding hydrogens is 274 g/mol. The average Bonchev–Trinajstić information content (AvgIpc) is 2.35. The normalized spacial score (nSPS) is 17.4. The average molecular weight is 291 g/mol. The molecule has 6 heteroatoms. The van der Waals surface area contributed by atoms with Gasteiger partial charge in [0.1, 0.15) is 0 Å². The molecule has 2 rings (SSSR count). The van der Waals surface area contributed by atoms with Gasteiger partial charge in [0.05, 0.1) is 0 Å². The predicted octanol–water partition coefficient (Wildman–Crippen LogP) is 2.71. The van der Waals surface area contributed by atoms with Crippen LogP contribution in [-0.2, 0) is 4.79 Å². The van der Waals surface area contributed by atoms with Crippen LogP contribution in [0.25, 0.3) is 0 Å². The number of carbonyl (C=O) groups is 1. The Labute approximate surface area is 117 Å². The van der Waals surface area contributed by atoms with E-state index >= 15 is 0 Å². The maximum atomic E-state index is 13.0. The highest BCUT2D eigenvalue weighted by Crippen LogP contribution is 2.29. The first-order valence-electron chi connectivity index (χ1n) is 5.98. The number of halogens is 3. The lowest BCUT2D eigenvalue weighted by Gasteiger charge is -2.32. The minimum atomic E-state index is -0.955. The fourth-order valence-electron chi connectivity index (χ4n) is 2.06. The van der Waals surface area contributed by atoms with Crippen molar-refractivity contribution in [1.82, 2.24) is 5.32 Å². The van der Waals surface area contributed by atoms with Gasteiger partial charge in [-0.15, -0.1) is 12.4 Å². The number of nitrogens with one attached hydrogen (secondary N) is 2. The fourth-order valence-corrected chi connectivity index (χ4v) is 2.06. The monoisotopic (exact) mass is 290 g/mol. The van der Waals surface area contributed by atoms with Crippen LogP contribution in [0, 0.1) is 17.0 Å². The number of rotatable bonds is 2. The van der Waals surface area contributed by atoms with Crippen LogP contribution in [0.5, 0.6) is 0 Å². The number of hydrogen-bond acceptors (Lipinski definition) is 2. The van der Waals surface area contributed by atoms with Crippen molar-refractivity contribution in [2.75, 3.05) is 18.4 Å². The number of piperidine rings is 1. The van der Waals surface area contributed by atoms with Gasteiger partial charge in [0, 0.05) is 17.2 Å². The van der Waals surface area contributed by atoms with Gasteiger partial charge in [-0.1, -0.05) is 6.92 Å². The number of hydrogen-bond donors (Lipinski definition) is 2. The lowest BCUT2D eigenvalue weighted by molar-refractivity contribution is -0.126. The third-order valence-electron chi connectivity index (χ3n) is 3.43. The second-order valence-electron chi connectivity index (χ2n) is 4.89. The van der Waals surface area contributed by atoms with Gasteiger partial charge >= 0.3 is 0 Å². The molecule has 0 aromatic heterocycles. The van der Waals surface area contributed by atoms with Gasteiger partial charge in [-0.3, -0.25) is 4.79 Å². The fraction of sp³-hybridized carbons (Fsp3) is 0.462. The topological polar surface area (TPSA) is 41.1 Å². The van der Waals surface area contributed by atoms with E-state index in [-0.39, 0.29) is 18.3 Å². The van der Waals surface area contributed by atoms with E-state index in [1.165, 1.54) is 6.07 Å². The number of carbonyl (C=O) groups excluding carboxylic acids is 1. The molecule has 1 aromatic carbocycles. The van der Waals surface area contributed by atoms with E-state index in [0.717, 1.165) is 38.1 Å². The zero-order valence-corrected chi connectivity index (χ0v) is 11.4. The summed E-state index contributed by atoms with van der Waals surface area (Å²) in [6, 6.07) is 3.37. The van der Waals surface area contributed by atoms with Gasteiger partial charge in [-0.05, 0) is 38.1 Å². The molecule has 0 aliphatic carbocycles. The lowest BCUT2D eigenvalue weighted by Crippen LogP contribution is -2.42. The molecule has 0 saturated carbocycles. The summed E-state index contributed by atoms with van der Waals surface area (Å²) >= 11 is 0. The van der Waals surface area contributed by atoms with Crippen LogP contribution >= 0.6 is 12.4 Å². The standard InChI is InChI=1S/C13H16F2N2O.ClH/c1-13(4-6-16-7-5-13)12(18)17-9-2-3-10(14)11(15)8-9;/h2-3,8,16H,4-7H2,1H3,(H,17,18);1H. The van der Waals surface area contributed by atoms with Crippen molar-refractivity contribution < 1.29 is 13.6 Å². The molecule has 0 bridgehead atoms. The Hall–Kier alpha value is -1.20. The van der Waals surface area contributed by atoms with Gasteiger partial charge in [-0.25, -0.2) is 8.78 Å². The van der Waals surface area contributed by atoms with Crippen LogP contribution in [0.1, 0.15) is 19.8 Å². The molecule has 1 aromatic rings. The van der Waals surface area contributed by atoms with E-state index < -0.39 is 17.0 Å². The Morgan fingerprint density at radius 3 is 2.47 bits per heavy atom. The third-order valence-corrected chi connectivity index (χ3v) is 3.43. The summed E-state index contributed by atoms with van der Waals surface area (Å²) < 4.78 is 25.8. The molecule has 0 radical (unpaired) electrons. The Kier molecular flexibility index (Phi) is 5.26. The Morgan fingerprint density at radius 1 is 1.26 bits per heavy atom. The van der Waals surface area contributed by atoms with Crippen molar-refractivity contribution in [3.63, 3.8) is 0 Å². The molecule has 2 N–H and O–H groups in total. The Morgan fingerprint density at radius 2 is 1.89 bits per heavy atom. The van der Waals surface area contributed by atoms with Crippen molar-refractivity contribution in [3.8, 4) is 0 Å². The maximum Gasteiger partial charge on any atom is 0.230 e. The maximum absolute atomic E-state index is 13.0. The molecule has 1 heterocycles. The summed E-state index contributed by atoms with van der Waals surface area (Å²) in [5.41, 5.74) is -0.158. The van der Waals surface area contributed by atoms with Crippen molar-refractivity contribution in [3.05, 3.63) is 29.8 Å². The van der Waals surface area contributed by atoms with Crippen molar-refractivity contribution >= 4 is 24.0 Å². The molecule has 3 nitrogen and oxygen atoms in total. The molecule has 1 aliphatic heterocycles. The zero-order valence-electron chi connectivity index (χ0n) is 10.6. The largest absolute Gasteiger partial charge is 0.326 e. The molecule has 19 heavy (non-hydrogen) atoms. The lowest BCUT2D eigenvalue weighted by atomic mass is 9.80. The van der Waals surface area contributed by atoms with Crippen molar-refractivity contribution in [1.29, 1.82) is 0 Å². The van der Waals surface area contributed by atoms with Gasteiger partial charge in [0.15, 0.2) is 11.6 Å². The quantitative estimate of drug-likeness (QED) is 0.879. The van der Waals surface area contributed by atoms with E-state index in [4.69, 9.17) is 0 Å². The van der Waals surface area contributed by atoms with Crippen LogP contribution in [0.2, 0.25) is 0 Å². The Bertz CT molecular complexity index is 462. The van der Waals surface area contributed by atoms with Crippen LogP contribution in [0.15, 0.2) is 18.2 Å². The molecule has 1 saturated heterocycles. The van der Waals surface area contributed by atoms with Crippen LogP contribution < -0.4 is 10.6 Å². The molecule has 0 atom stereocenters. The smallest absolute Gasteiger partial charge is 0.230 e. The summed E-state index contributed by atoms with van der Waals surface area (Å²) in [5.74, 6) is -2.01. The second-order valence-corrected chi connectivity index (χ2v) is 4.89. The first-order valence-corrected chi connectivity index (χ1v) is 5.98. The van der Waals surface area contributed by atoms with Crippen LogP contribution in [0.3, 0.4) is 0 Å². The first-order chi connectivity index (χ1) is 8.51. The number of benzene rings is 1. The SMILES string of the molecule is CC1(C(=O)Nc2ccc(F)c(F)c2)CCNCC1.Cl. The zero-order chi connectivity index (χ0) is 13.2. The van der Waals surface area contributed by atoms with Crippen molar-refractivity contribution in [2.24, 2.45) is 5.41 Å². The minimum Gasteiger partial charge on any atom is -0.326 e. The summed E-state index contributed by atoms with van der Waals surface area (Å²) in [5, 5.41) is 5.83. The predicted molar refractivity (Wildman–Crippen MR) is 72.4 cm³/mol. The highest BCUT2D eigenvalue weighted by atomic mass is 35.5. The minimum absolute atomic E-state index is 0. The highest BCUT2D eigenvalue weighted by molar-refractivity contribution is 5.95. The molecule has 0 spiro atoms. The Balaban J connectivity index is 0.00000180. The van der Waals surface area contributed by atoms with Gasteiger partial charge in [-0.2, -0.15) is 0 Å². The van der Waals surface area contributed by atoms with E-state index in [0.29, 0.717) is 5.69 Å². The third kappa shape index (κ3) is 3.64. The molecule has 106 valence electrons. The van der Waals surface area contributed by atoms with Gasteiger partial charge in [0.25, 0.3) is 0 Å². The van der Waals surface area contributed by atoms with Crippen LogP contribution in [0.4, 0.5) is 14.5 Å². The highest BCUT2D eigenvalue weighted by Gasteiger charge is 2.34. The molecular formula is C13H17ClF2N2O. The summed E-state index contributed by atoms with van der Waals surface area (Å²) in [6.07, 6.45) is 1.48. The summed E-state index contributed by atoms with van der Waals surface area (Å²) in [4.78, 5) is 12.1. The van der Waals surface area contributed by atoms with E-state index in [9.17, 15) is 13.6 Å². The van der Waals surface area contributed by atoms with Gasteiger partial charge < -0.3 is 10.6 Å².